The third kappa shape index (κ3) is 3.03. The number of aromatic nitrogens is 1. The van der Waals surface area contributed by atoms with Crippen molar-refractivity contribution in [3.63, 3.8) is 0 Å². The number of carbonyl (C=O) groups excluding carboxylic acids is 1. The molecule has 5 nitrogen and oxygen atoms in total. The molecule has 1 amide bonds. The van der Waals surface area contributed by atoms with E-state index in [2.05, 4.69) is 27.8 Å². The van der Waals surface area contributed by atoms with Gasteiger partial charge >= 0.3 is 0 Å². The Kier molecular flexibility index (Phi) is 3.59. The van der Waals surface area contributed by atoms with Crippen molar-refractivity contribution >= 4 is 5.91 Å². The molecule has 2 aromatic heterocycles. The van der Waals surface area contributed by atoms with Gasteiger partial charge < -0.3 is 14.3 Å². The van der Waals surface area contributed by atoms with E-state index < -0.39 is 0 Å². The van der Waals surface area contributed by atoms with Crippen LogP contribution in [-0.4, -0.2) is 28.0 Å². The molecule has 112 valence electrons. The normalized spacial score (nSPS) is 20.5. The lowest BCUT2D eigenvalue weighted by Crippen LogP contribution is -2.30. The molecule has 0 saturated carbocycles. The van der Waals surface area contributed by atoms with Crippen LogP contribution < -0.4 is 5.32 Å². The number of rotatable bonds is 5. The fourth-order valence-electron chi connectivity index (χ4n) is 2.51. The van der Waals surface area contributed by atoms with Crippen molar-refractivity contribution in [2.45, 2.75) is 33.0 Å². The van der Waals surface area contributed by atoms with Crippen molar-refractivity contribution < 1.29 is 9.21 Å². The minimum Gasteiger partial charge on any atom is -0.465 e. The second-order valence-electron chi connectivity index (χ2n) is 5.70. The van der Waals surface area contributed by atoms with E-state index in [1.165, 1.54) is 5.69 Å². The van der Waals surface area contributed by atoms with Crippen LogP contribution in [0.1, 0.15) is 22.9 Å². The molecule has 0 spiro atoms. The predicted molar refractivity (Wildman–Crippen MR) is 79.6 cm³/mol. The molecule has 3 rings (SSSR count). The molecule has 1 saturated heterocycles. The van der Waals surface area contributed by atoms with Gasteiger partial charge in [-0.05, 0) is 38.1 Å². The number of furan rings is 1. The highest BCUT2D eigenvalue weighted by atomic mass is 16.3. The van der Waals surface area contributed by atoms with Gasteiger partial charge in [-0.2, -0.15) is 0 Å². The lowest BCUT2D eigenvalue weighted by Gasteiger charge is -2.07. The van der Waals surface area contributed by atoms with Crippen LogP contribution in [0.5, 0.6) is 0 Å². The number of nitrogens with one attached hydrogen (secondary N) is 1. The average Bonchev–Trinajstić information content (AvgIpc) is 2.99. The van der Waals surface area contributed by atoms with Gasteiger partial charge in [-0.25, -0.2) is 0 Å². The Bertz CT molecular complexity index is 656. The Labute approximate surface area is 124 Å². The zero-order valence-electron chi connectivity index (χ0n) is 12.7. The summed E-state index contributed by atoms with van der Waals surface area (Å²) in [7, 11) is 2.01. The monoisotopic (exact) mass is 287 g/mol. The summed E-state index contributed by atoms with van der Waals surface area (Å²) in [6, 6.07) is 8.01. The van der Waals surface area contributed by atoms with E-state index in [4.69, 9.17) is 4.42 Å². The molecule has 0 radical (unpaired) electrons. The molecule has 2 atom stereocenters. The second-order valence-corrected chi connectivity index (χ2v) is 5.70. The summed E-state index contributed by atoms with van der Waals surface area (Å²) in [5, 5.41) is 3.00. The Balaban J connectivity index is 1.48. The van der Waals surface area contributed by atoms with Gasteiger partial charge in [0.2, 0.25) is 5.91 Å². The standard InChI is InChI=1S/C16H21N3O2/c1-11-4-6-13(18(11)3)8-17-16(20)15-10-19(15)9-14-7-5-12(2)21-14/h4-7,15H,8-10H2,1-3H3,(H,17,20). The molecule has 1 aliphatic heterocycles. The summed E-state index contributed by atoms with van der Waals surface area (Å²) in [5.74, 6) is 1.92. The smallest absolute Gasteiger partial charge is 0.239 e. The minimum atomic E-state index is -0.0169. The van der Waals surface area contributed by atoms with E-state index in [-0.39, 0.29) is 11.9 Å². The van der Waals surface area contributed by atoms with Gasteiger partial charge in [0.15, 0.2) is 0 Å². The summed E-state index contributed by atoms with van der Waals surface area (Å²) in [6.07, 6.45) is 0. The molecule has 2 aromatic rings. The molecular weight excluding hydrogens is 266 g/mol. The van der Waals surface area contributed by atoms with Crippen molar-refractivity contribution in [2.75, 3.05) is 6.54 Å². The van der Waals surface area contributed by atoms with Gasteiger partial charge in [0, 0.05) is 25.0 Å². The van der Waals surface area contributed by atoms with Crippen LogP contribution in [0.4, 0.5) is 0 Å². The van der Waals surface area contributed by atoms with Crippen molar-refractivity contribution in [3.05, 3.63) is 47.2 Å². The highest BCUT2D eigenvalue weighted by Crippen LogP contribution is 2.22. The quantitative estimate of drug-likeness (QED) is 0.852. The number of carbonyl (C=O) groups is 1. The fraction of sp³-hybridized carbons (Fsp3) is 0.438. The fourth-order valence-corrected chi connectivity index (χ4v) is 2.51. The Morgan fingerprint density at radius 3 is 2.76 bits per heavy atom. The zero-order chi connectivity index (χ0) is 15.0. The van der Waals surface area contributed by atoms with Crippen molar-refractivity contribution in [3.8, 4) is 0 Å². The zero-order valence-corrected chi connectivity index (χ0v) is 12.7. The largest absolute Gasteiger partial charge is 0.465 e. The highest BCUT2D eigenvalue weighted by Gasteiger charge is 2.40. The summed E-state index contributed by atoms with van der Waals surface area (Å²) < 4.78 is 7.63. The van der Waals surface area contributed by atoms with Gasteiger partial charge in [-0.1, -0.05) is 0 Å². The molecule has 21 heavy (non-hydrogen) atoms. The van der Waals surface area contributed by atoms with Crippen molar-refractivity contribution in [1.82, 2.24) is 14.8 Å². The van der Waals surface area contributed by atoms with Gasteiger partial charge in [-0.3, -0.25) is 9.69 Å². The molecule has 1 fully saturated rings. The first-order valence-electron chi connectivity index (χ1n) is 7.23. The number of hydrogen-bond acceptors (Lipinski definition) is 3. The molecule has 3 heterocycles. The molecule has 5 heteroatoms. The number of amides is 1. The van der Waals surface area contributed by atoms with Crippen LogP contribution in [0, 0.1) is 13.8 Å². The van der Waals surface area contributed by atoms with E-state index in [0.29, 0.717) is 13.1 Å². The topological polar surface area (TPSA) is 50.2 Å². The average molecular weight is 287 g/mol. The SMILES string of the molecule is Cc1ccc(CN2CC2C(=O)NCc2ccc(C)n2C)o1. The molecule has 0 aromatic carbocycles. The van der Waals surface area contributed by atoms with Crippen LogP contribution >= 0.6 is 0 Å². The lowest BCUT2D eigenvalue weighted by atomic mass is 10.3. The third-order valence-corrected chi connectivity index (χ3v) is 4.09. The summed E-state index contributed by atoms with van der Waals surface area (Å²) in [5.41, 5.74) is 2.31. The second kappa shape index (κ2) is 5.41. The molecule has 0 aliphatic carbocycles. The Morgan fingerprint density at radius 1 is 1.33 bits per heavy atom. The first-order chi connectivity index (χ1) is 10.0. The minimum absolute atomic E-state index is 0.0169. The van der Waals surface area contributed by atoms with Crippen LogP contribution in [0.3, 0.4) is 0 Å². The van der Waals surface area contributed by atoms with Gasteiger partial charge in [0.25, 0.3) is 0 Å². The third-order valence-electron chi connectivity index (χ3n) is 4.09. The summed E-state index contributed by atoms with van der Waals surface area (Å²) in [6.45, 7) is 6.07. The van der Waals surface area contributed by atoms with Gasteiger partial charge in [0.1, 0.15) is 17.6 Å². The maximum absolute atomic E-state index is 12.1. The Morgan fingerprint density at radius 2 is 2.14 bits per heavy atom. The molecular formula is C16H21N3O2. The van der Waals surface area contributed by atoms with E-state index in [1.54, 1.807) is 0 Å². The van der Waals surface area contributed by atoms with E-state index in [0.717, 1.165) is 23.8 Å². The van der Waals surface area contributed by atoms with E-state index in [1.807, 2.05) is 32.2 Å². The number of aryl methyl sites for hydroxylation is 2. The molecule has 1 aliphatic rings. The highest BCUT2D eigenvalue weighted by molar-refractivity contribution is 5.84. The lowest BCUT2D eigenvalue weighted by molar-refractivity contribution is -0.121. The Hall–Kier alpha value is -2.01. The van der Waals surface area contributed by atoms with Crippen LogP contribution in [0.25, 0.3) is 0 Å². The van der Waals surface area contributed by atoms with E-state index >= 15 is 0 Å². The first-order valence-corrected chi connectivity index (χ1v) is 7.23. The molecule has 1 N–H and O–H groups in total. The summed E-state index contributed by atoms with van der Waals surface area (Å²) >= 11 is 0. The van der Waals surface area contributed by atoms with Crippen LogP contribution in [0.15, 0.2) is 28.7 Å². The van der Waals surface area contributed by atoms with Crippen LogP contribution in [-0.2, 0) is 24.9 Å². The van der Waals surface area contributed by atoms with Crippen molar-refractivity contribution in [2.24, 2.45) is 7.05 Å². The van der Waals surface area contributed by atoms with E-state index in [9.17, 15) is 4.79 Å². The van der Waals surface area contributed by atoms with Gasteiger partial charge in [-0.15, -0.1) is 0 Å². The maximum atomic E-state index is 12.1. The summed E-state index contributed by atoms with van der Waals surface area (Å²) in [4.78, 5) is 14.2. The molecule has 2 unspecified atom stereocenters. The first kappa shape index (κ1) is 13.9. The number of nitrogens with zero attached hydrogens (tertiary/aromatic N) is 2. The molecule has 0 bridgehead atoms. The van der Waals surface area contributed by atoms with Crippen molar-refractivity contribution in [1.29, 1.82) is 0 Å². The van der Waals surface area contributed by atoms with Gasteiger partial charge in [0.05, 0.1) is 13.1 Å². The predicted octanol–water partition coefficient (Wildman–Crippen LogP) is 1.74. The van der Waals surface area contributed by atoms with Crippen LogP contribution in [0.2, 0.25) is 0 Å². The maximum Gasteiger partial charge on any atom is 0.239 e. The number of hydrogen-bond donors (Lipinski definition) is 1.